The van der Waals surface area contributed by atoms with Gasteiger partial charge in [-0.15, -0.1) is 0 Å². The van der Waals surface area contributed by atoms with Gasteiger partial charge in [-0.05, 0) is 53.3 Å². The zero-order chi connectivity index (χ0) is 14.0. The van der Waals surface area contributed by atoms with Crippen LogP contribution >= 0.6 is 22.6 Å². The first-order valence-corrected chi connectivity index (χ1v) is 6.57. The Morgan fingerprint density at radius 1 is 1.42 bits per heavy atom. The molecule has 19 heavy (non-hydrogen) atoms. The smallest absolute Gasteiger partial charge is 0.337 e. The minimum atomic E-state index is -1.05. The second-order valence-electron chi connectivity index (χ2n) is 4.05. The molecule has 0 saturated heterocycles. The number of carbonyl (C=O) groups is 1. The summed E-state index contributed by atoms with van der Waals surface area (Å²) in [6, 6.07) is 7.36. The van der Waals surface area contributed by atoms with Gasteiger partial charge in [0.15, 0.2) is 5.82 Å². The van der Waals surface area contributed by atoms with Crippen molar-refractivity contribution in [1.82, 2.24) is 4.98 Å². The minimum Gasteiger partial charge on any atom is -0.478 e. The van der Waals surface area contributed by atoms with Gasteiger partial charge in [0, 0.05) is 15.5 Å². The highest BCUT2D eigenvalue weighted by Gasteiger charge is 2.09. The Morgan fingerprint density at radius 3 is 2.79 bits per heavy atom. The van der Waals surface area contributed by atoms with Crippen molar-refractivity contribution < 1.29 is 9.90 Å². The fraction of sp³-hybridized carbons (Fsp3) is 0.0769. The highest BCUT2D eigenvalue weighted by atomic mass is 127. The van der Waals surface area contributed by atoms with E-state index in [1.54, 1.807) is 0 Å². The van der Waals surface area contributed by atoms with Crippen LogP contribution in [-0.4, -0.2) is 16.1 Å². The van der Waals surface area contributed by atoms with Crippen LogP contribution in [0.2, 0.25) is 0 Å². The molecule has 2 aromatic rings. The van der Waals surface area contributed by atoms with Gasteiger partial charge in [-0.25, -0.2) is 9.78 Å². The molecule has 0 atom stereocenters. The van der Waals surface area contributed by atoms with Crippen LogP contribution in [0.1, 0.15) is 15.9 Å². The lowest BCUT2D eigenvalue weighted by molar-refractivity contribution is 0.0696. The Bertz CT molecular complexity index is 644. The van der Waals surface area contributed by atoms with Gasteiger partial charge in [0.1, 0.15) is 0 Å². The molecular formula is C13H12IN3O2. The van der Waals surface area contributed by atoms with Crippen molar-refractivity contribution in [2.75, 3.05) is 11.1 Å². The molecule has 6 heteroatoms. The third-order valence-electron chi connectivity index (χ3n) is 2.62. The van der Waals surface area contributed by atoms with E-state index >= 15 is 0 Å². The maximum atomic E-state index is 10.8. The summed E-state index contributed by atoms with van der Waals surface area (Å²) in [5.41, 5.74) is 8.14. The molecule has 0 fully saturated rings. The Kier molecular flexibility index (Phi) is 3.89. The summed E-state index contributed by atoms with van der Waals surface area (Å²) in [5.74, 6) is -0.591. The lowest BCUT2D eigenvalue weighted by Crippen LogP contribution is -2.04. The standard InChI is InChI=1S/C13H12IN3O2/c1-7-2-3-9(14)5-11(7)17-12-10(15)4-8(6-16-12)13(18)19/h2-6H,15H2,1H3,(H,16,17)(H,18,19). The number of halogens is 1. The van der Waals surface area contributed by atoms with Crippen LogP contribution in [0.15, 0.2) is 30.5 Å². The van der Waals surface area contributed by atoms with Gasteiger partial charge in [-0.2, -0.15) is 0 Å². The topological polar surface area (TPSA) is 88.2 Å². The molecule has 1 aromatic carbocycles. The summed E-state index contributed by atoms with van der Waals surface area (Å²) < 4.78 is 1.09. The number of hydrogen-bond donors (Lipinski definition) is 3. The van der Waals surface area contributed by atoms with E-state index in [9.17, 15) is 4.79 Å². The van der Waals surface area contributed by atoms with E-state index in [2.05, 4.69) is 32.9 Å². The monoisotopic (exact) mass is 369 g/mol. The van der Waals surface area contributed by atoms with E-state index in [-0.39, 0.29) is 5.56 Å². The molecular weight excluding hydrogens is 357 g/mol. The van der Waals surface area contributed by atoms with Crippen LogP contribution in [0, 0.1) is 10.5 Å². The van der Waals surface area contributed by atoms with Gasteiger partial charge in [-0.1, -0.05) is 6.07 Å². The summed E-state index contributed by atoms with van der Waals surface area (Å²) in [4.78, 5) is 14.9. The number of rotatable bonds is 3. The lowest BCUT2D eigenvalue weighted by Gasteiger charge is -2.11. The van der Waals surface area contributed by atoms with E-state index in [0.29, 0.717) is 11.5 Å². The van der Waals surface area contributed by atoms with Crippen LogP contribution in [0.4, 0.5) is 17.2 Å². The molecule has 0 amide bonds. The van der Waals surface area contributed by atoms with Crippen LogP contribution in [0.3, 0.4) is 0 Å². The van der Waals surface area contributed by atoms with E-state index in [4.69, 9.17) is 10.8 Å². The number of nitrogens with one attached hydrogen (secondary N) is 1. The average molecular weight is 369 g/mol. The highest BCUT2D eigenvalue weighted by Crippen LogP contribution is 2.25. The number of hydrogen-bond acceptors (Lipinski definition) is 4. The predicted molar refractivity (Wildman–Crippen MR) is 82.8 cm³/mol. The van der Waals surface area contributed by atoms with Crippen LogP contribution in [0.5, 0.6) is 0 Å². The molecule has 2 rings (SSSR count). The number of anilines is 3. The number of aryl methyl sites for hydroxylation is 1. The molecule has 0 saturated carbocycles. The highest BCUT2D eigenvalue weighted by molar-refractivity contribution is 14.1. The van der Waals surface area contributed by atoms with Crippen LogP contribution in [-0.2, 0) is 0 Å². The van der Waals surface area contributed by atoms with Crippen molar-refractivity contribution >= 4 is 45.8 Å². The molecule has 5 nitrogen and oxygen atoms in total. The first kappa shape index (κ1) is 13.6. The maximum absolute atomic E-state index is 10.8. The number of aromatic nitrogens is 1. The van der Waals surface area contributed by atoms with Crippen molar-refractivity contribution in [2.24, 2.45) is 0 Å². The Balaban J connectivity index is 2.33. The number of nitrogens with zero attached hydrogens (tertiary/aromatic N) is 1. The maximum Gasteiger partial charge on any atom is 0.337 e. The molecule has 98 valence electrons. The quantitative estimate of drug-likeness (QED) is 0.724. The van der Waals surface area contributed by atoms with E-state index in [1.165, 1.54) is 12.3 Å². The largest absolute Gasteiger partial charge is 0.478 e. The number of carboxylic acid groups (broad SMARTS) is 1. The molecule has 4 N–H and O–H groups in total. The number of pyridine rings is 1. The van der Waals surface area contributed by atoms with Crippen molar-refractivity contribution in [3.05, 3.63) is 45.2 Å². The fourth-order valence-electron chi connectivity index (χ4n) is 1.56. The average Bonchev–Trinajstić information content (AvgIpc) is 2.36. The SMILES string of the molecule is Cc1ccc(I)cc1Nc1ncc(C(=O)O)cc1N. The molecule has 0 aliphatic heterocycles. The number of nitrogens with two attached hydrogens (primary N) is 1. The van der Waals surface area contributed by atoms with E-state index < -0.39 is 5.97 Å². The summed E-state index contributed by atoms with van der Waals surface area (Å²) in [5, 5.41) is 12.0. The number of aromatic carboxylic acids is 1. The molecule has 0 aliphatic rings. The fourth-order valence-corrected chi connectivity index (χ4v) is 2.05. The van der Waals surface area contributed by atoms with Crippen molar-refractivity contribution in [2.45, 2.75) is 6.92 Å². The second kappa shape index (κ2) is 5.43. The van der Waals surface area contributed by atoms with Gasteiger partial charge in [0.05, 0.1) is 11.3 Å². The lowest BCUT2D eigenvalue weighted by atomic mass is 10.2. The zero-order valence-electron chi connectivity index (χ0n) is 10.1. The normalized spacial score (nSPS) is 10.2. The van der Waals surface area contributed by atoms with Crippen LogP contribution in [0.25, 0.3) is 0 Å². The third-order valence-corrected chi connectivity index (χ3v) is 3.29. The summed E-state index contributed by atoms with van der Waals surface area (Å²) >= 11 is 2.22. The minimum absolute atomic E-state index is 0.0717. The summed E-state index contributed by atoms with van der Waals surface area (Å²) in [7, 11) is 0. The Hall–Kier alpha value is -1.83. The Labute approximate surface area is 124 Å². The number of carboxylic acids is 1. The second-order valence-corrected chi connectivity index (χ2v) is 5.30. The van der Waals surface area contributed by atoms with E-state index in [1.807, 2.05) is 25.1 Å². The molecule has 0 aliphatic carbocycles. The van der Waals surface area contributed by atoms with Crippen molar-refractivity contribution in [1.29, 1.82) is 0 Å². The van der Waals surface area contributed by atoms with Crippen molar-refractivity contribution in [3.63, 3.8) is 0 Å². The Morgan fingerprint density at radius 2 is 2.16 bits per heavy atom. The molecule has 0 bridgehead atoms. The van der Waals surface area contributed by atoms with Crippen molar-refractivity contribution in [3.8, 4) is 0 Å². The van der Waals surface area contributed by atoms with Gasteiger partial charge in [0.25, 0.3) is 0 Å². The number of nitrogen functional groups attached to an aromatic ring is 1. The molecule has 1 heterocycles. The summed E-state index contributed by atoms with van der Waals surface area (Å²) in [6.45, 7) is 1.97. The summed E-state index contributed by atoms with van der Waals surface area (Å²) in [6.07, 6.45) is 1.28. The van der Waals surface area contributed by atoms with Gasteiger partial charge in [-0.3, -0.25) is 0 Å². The predicted octanol–water partition coefficient (Wildman–Crippen LogP) is 3.02. The zero-order valence-corrected chi connectivity index (χ0v) is 12.3. The van der Waals surface area contributed by atoms with Gasteiger partial charge in [0.2, 0.25) is 0 Å². The third kappa shape index (κ3) is 3.14. The van der Waals surface area contributed by atoms with Gasteiger partial charge >= 0.3 is 5.97 Å². The van der Waals surface area contributed by atoms with E-state index in [0.717, 1.165) is 14.8 Å². The molecule has 0 unspecified atom stereocenters. The van der Waals surface area contributed by atoms with Gasteiger partial charge < -0.3 is 16.2 Å². The first-order valence-electron chi connectivity index (χ1n) is 5.49. The molecule has 0 spiro atoms. The number of benzene rings is 1. The molecule has 0 radical (unpaired) electrons. The van der Waals surface area contributed by atoms with Crippen LogP contribution < -0.4 is 11.1 Å². The molecule has 1 aromatic heterocycles. The first-order chi connectivity index (χ1) is 8.97.